The molecule has 108 valence electrons. The summed E-state index contributed by atoms with van der Waals surface area (Å²) in [5, 5.41) is 0.0842. The highest BCUT2D eigenvalue weighted by Crippen LogP contribution is 2.26. The van der Waals surface area contributed by atoms with Gasteiger partial charge in [-0.25, -0.2) is 4.98 Å². The zero-order valence-electron chi connectivity index (χ0n) is 12.2. The first kappa shape index (κ1) is 14.2. The Hall–Kier alpha value is -1.80. The van der Waals surface area contributed by atoms with Crippen LogP contribution >= 0.6 is 11.6 Å². The van der Waals surface area contributed by atoms with Crippen molar-refractivity contribution < 1.29 is 0 Å². The Morgan fingerprint density at radius 3 is 2.52 bits per heavy atom. The molecule has 2 aromatic carbocycles. The fraction of sp³-hybridized carbons (Fsp3) is 0.278. The quantitative estimate of drug-likeness (QED) is 0.614. The van der Waals surface area contributed by atoms with Gasteiger partial charge in [0.2, 0.25) is 0 Å². The molecular weight excluding hydrogens is 280 g/mol. The maximum absolute atomic E-state index is 6.46. The zero-order valence-corrected chi connectivity index (χ0v) is 12.9. The van der Waals surface area contributed by atoms with Crippen LogP contribution in [0.15, 0.2) is 54.6 Å². The first-order valence-electron chi connectivity index (χ1n) is 7.35. The molecule has 0 saturated heterocycles. The normalized spacial score (nSPS) is 12.7. The first-order valence-corrected chi connectivity index (χ1v) is 7.78. The summed E-state index contributed by atoms with van der Waals surface area (Å²) >= 11 is 6.46. The van der Waals surface area contributed by atoms with E-state index in [1.165, 1.54) is 11.1 Å². The average Bonchev–Trinajstić information content (AvgIpc) is 2.85. The van der Waals surface area contributed by atoms with Crippen molar-refractivity contribution in [2.75, 3.05) is 0 Å². The minimum Gasteiger partial charge on any atom is -0.331 e. The van der Waals surface area contributed by atoms with Crippen LogP contribution in [0, 0.1) is 0 Å². The molecule has 0 radical (unpaired) electrons. The monoisotopic (exact) mass is 298 g/mol. The number of fused-ring (bicyclic) bond motifs is 1. The summed E-state index contributed by atoms with van der Waals surface area (Å²) in [5.74, 6) is 1.13. The fourth-order valence-corrected chi connectivity index (χ4v) is 2.99. The van der Waals surface area contributed by atoms with Crippen LogP contribution in [0.3, 0.4) is 0 Å². The van der Waals surface area contributed by atoms with E-state index >= 15 is 0 Å². The van der Waals surface area contributed by atoms with Crippen LogP contribution in [0.4, 0.5) is 0 Å². The van der Waals surface area contributed by atoms with Gasteiger partial charge in [-0.1, -0.05) is 42.5 Å². The Morgan fingerprint density at radius 1 is 1.05 bits per heavy atom. The minimum absolute atomic E-state index is 0.0842. The van der Waals surface area contributed by atoms with Crippen molar-refractivity contribution in [2.45, 2.75) is 24.6 Å². The van der Waals surface area contributed by atoms with E-state index in [4.69, 9.17) is 16.6 Å². The van der Waals surface area contributed by atoms with E-state index in [1.54, 1.807) is 0 Å². The fourth-order valence-electron chi connectivity index (χ4n) is 2.69. The number of halogens is 1. The Balaban J connectivity index is 1.63. The number of para-hydroxylation sites is 2. The van der Waals surface area contributed by atoms with E-state index in [9.17, 15) is 0 Å². The number of hydrogen-bond acceptors (Lipinski definition) is 1. The molecule has 0 bridgehead atoms. The summed E-state index contributed by atoms with van der Waals surface area (Å²) in [6, 6.07) is 18.5. The number of rotatable bonds is 5. The van der Waals surface area contributed by atoms with Crippen LogP contribution in [-0.4, -0.2) is 9.55 Å². The molecule has 3 aromatic rings. The van der Waals surface area contributed by atoms with E-state index < -0.39 is 0 Å². The smallest absolute Gasteiger partial charge is 0.109 e. The molecular formula is C18H19ClN2. The minimum atomic E-state index is 0.0842. The molecule has 1 unspecified atom stereocenters. The molecule has 0 aliphatic carbocycles. The van der Waals surface area contributed by atoms with Gasteiger partial charge in [0.15, 0.2) is 0 Å². The Morgan fingerprint density at radius 2 is 1.76 bits per heavy atom. The molecule has 0 amide bonds. The molecule has 0 spiro atoms. The summed E-state index contributed by atoms with van der Waals surface area (Å²) in [6.45, 7) is 0. The van der Waals surface area contributed by atoms with E-state index in [1.807, 2.05) is 24.3 Å². The second kappa shape index (κ2) is 6.31. The van der Waals surface area contributed by atoms with E-state index in [-0.39, 0.29) is 5.38 Å². The van der Waals surface area contributed by atoms with E-state index in [2.05, 4.69) is 41.9 Å². The third-order valence-corrected chi connectivity index (χ3v) is 4.37. The number of alkyl halides is 1. The Kier molecular flexibility index (Phi) is 4.26. The summed E-state index contributed by atoms with van der Waals surface area (Å²) in [6.07, 6.45) is 2.97. The van der Waals surface area contributed by atoms with Crippen molar-refractivity contribution in [2.24, 2.45) is 7.05 Å². The van der Waals surface area contributed by atoms with Gasteiger partial charge < -0.3 is 4.57 Å². The predicted octanol–water partition coefficient (Wildman–Crippen LogP) is 4.88. The number of benzene rings is 2. The van der Waals surface area contributed by atoms with Gasteiger partial charge in [-0.3, -0.25) is 0 Å². The van der Waals surface area contributed by atoms with Crippen molar-refractivity contribution >= 4 is 22.6 Å². The van der Waals surface area contributed by atoms with Gasteiger partial charge >= 0.3 is 0 Å². The number of aryl methyl sites for hydroxylation is 2. The maximum atomic E-state index is 6.46. The van der Waals surface area contributed by atoms with Crippen LogP contribution in [0.25, 0.3) is 11.0 Å². The van der Waals surface area contributed by atoms with Gasteiger partial charge in [-0.2, -0.15) is 0 Å². The van der Waals surface area contributed by atoms with Crippen LogP contribution < -0.4 is 0 Å². The van der Waals surface area contributed by atoms with E-state index in [0.717, 1.165) is 30.6 Å². The Labute approximate surface area is 130 Å². The zero-order chi connectivity index (χ0) is 14.7. The van der Waals surface area contributed by atoms with Gasteiger partial charge in [-0.05, 0) is 30.5 Å². The highest BCUT2D eigenvalue weighted by Gasteiger charge is 2.10. The number of nitrogens with zero attached hydrogens (tertiary/aromatic N) is 2. The third kappa shape index (κ3) is 3.11. The molecule has 0 aliphatic rings. The number of aromatic nitrogens is 2. The SMILES string of the molecule is Cn1c(CCCC(Cl)c2ccccc2)nc2ccccc21. The van der Waals surface area contributed by atoms with Gasteiger partial charge in [0, 0.05) is 13.5 Å². The van der Waals surface area contributed by atoms with Crippen LogP contribution in [0.1, 0.15) is 29.6 Å². The molecule has 21 heavy (non-hydrogen) atoms. The molecule has 0 aliphatic heterocycles. The van der Waals surface area contributed by atoms with Crippen molar-refractivity contribution in [1.29, 1.82) is 0 Å². The first-order chi connectivity index (χ1) is 10.3. The highest BCUT2D eigenvalue weighted by atomic mass is 35.5. The van der Waals surface area contributed by atoms with Crippen LogP contribution in [0.5, 0.6) is 0 Å². The molecule has 0 saturated carbocycles. The van der Waals surface area contributed by atoms with Gasteiger partial charge in [0.1, 0.15) is 5.82 Å². The molecule has 0 fully saturated rings. The summed E-state index contributed by atoms with van der Waals surface area (Å²) < 4.78 is 2.18. The van der Waals surface area contributed by atoms with Crippen molar-refractivity contribution in [3.63, 3.8) is 0 Å². The summed E-state index contributed by atoms with van der Waals surface area (Å²) in [4.78, 5) is 4.70. The molecule has 3 heteroatoms. The third-order valence-electron chi connectivity index (χ3n) is 3.90. The highest BCUT2D eigenvalue weighted by molar-refractivity contribution is 6.20. The van der Waals surface area contributed by atoms with Gasteiger partial charge in [-0.15, -0.1) is 11.6 Å². The average molecular weight is 299 g/mol. The molecule has 1 aromatic heterocycles. The van der Waals surface area contributed by atoms with Crippen LogP contribution in [0.2, 0.25) is 0 Å². The lowest BCUT2D eigenvalue weighted by Gasteiger charge is -2.09. The van der Waals surface area contributed by atoms with Crippen molar-refractivity contribution in [3.8, 4) is 0 Å². The lowest BCUT2D eigenvalue weighted by molar-refractivity contribution is 0.675. The summed E-state index contributed by atoms with van der Waals surface area (Å²) in [7, 11) is 2.08. The maximum Gasteiger partial charge on any atom is 0.109 e. The lowest BCUT2D eigenvalue weighted by Crippen LogP contribution is -1.99. The largest absolute Gasteiger partial charge is 0.331 e. The van der Waals surface area contributed by atoms with E-state index in [0.29, 0.717) is 0 Å². The second-order valence-corrected chi connectivity index (χ2v) is 5.87. The second-order valence-electron chi connectivity index (χ2n) is 5.35. The molecule has 2 nitrogen and oxygen atoms in total. The molecule has 3 rings (SSSR count). The molecule has 1 heterocycles. The number of hydrogen-bond donors (Lipinski definition) is 0. The number of imidazole rings is 1. The topological polar surface area (TPSA) is 17.8 Å². The van der Waals surface area contributed by atoms with Crippen molar-refractivity contribution in [3.05, 3.63) is 66.0 Å². The Bertz CT molecular complexity index is 718. The standard InChI is InChI=1S/C18H19ClN2/c1-21-17-12-6-5-11-16(17)20-18(21)13-7-10-15(19)14-8-3-2-4-9-14/h2-6,8-9,11-12,15H,7,10,13H2,1H3. The van der Waals surface area contributed by atoms with Crippen molar-refractivity contribution in [1.82, 2.24) is 9.55 Å². The van der Waals surface area contributed by atoms with Gasteiger partial charge in [0.25, 0.3) is 0 Å². The lowest BCUT2D eigenvalue weighted by atomic mass is 10.1. The molecule has 0 N–H and O–H groups in total. The van der Waals surface area contributed by atoms with Gasteiger partial charge in [0.05, 0.1) is 16.4 Å². The predicted molar refractivity (Wildman–Crippen MR) is 88.7 cm³/mol. The summed E-state index contributed by atoms with van der Waals surface area (Å²) in [5.41, 5.74) is 3.46. The molecule has 1 atom stereocenters. The van der Waals surface area contributed by atoms with Crippen LogP contribution in [-0.2, 0) is 13.5 Å².